The molecular weight excluding hydrogens is 373 g/mol. The molecule has 0 spiro atoms. The van der Waals surface area contributed by atoms with Crippen molar-refractivity contribution < 1.29 is 9.13 Å². The highest BCUT2D eigenvalue weighted by Crippen LogP contribution is 2.18. The molecule has 0 radical (unpaired) electrons. The molecule has 1 heterocycles. The standard InChI is InChI=1S/C22H34FN3OS/c23-21-11-7-6-8-19(21)18-26(13-12-25-14-16-27-17-15-25)22(28)24-20-9-4-2-1-3-5-10-20/h6-8,11,20H,1-5,9-10,12-18H2,(H,24,28). The molecule has 4 nitrogen and oxygen atoms in total. The molecule has 0 unspecified atom stereocenters. The molecule has 6 heteroatoms. The van der Waals surface area contributed by atoms with Crippen LogP contribution >= 0.6 is 12.2 Å². The van der Waals surface area contributed by atoms with Crippen LogP contribution in [0.3, 0.4) is 0 Å². The minimum absolute atomic E-state index is 0.160. The average molecular weight is 408 g/mol. The smallest absolute Gasteiger partial charge is 0.169 e. The van der Waals surface area contributed by atoms with E-state index < -0.39 is 0 Å². The Labute approximate surface area is 174 Å². The second-order valence-electron chi connectivity index (χ2n) is 7.96. The van der Waals surface area contributed by atoms with Crippen molar-refractivity contribution in [2.24, 2.45) is 0 Å². The lowest BCUT2D eigenvalue weighted by atomic mass is 9.97. The van der Waals surface area contributed by atoms with Gasteiger partial charge < -0.3 is 15.0 Å². The normalized spacial score (nSPS) is 19.6. The van der Waals surface area contributed by atoms with Crippen LogP contribution in [0.2, 0.25) is 0 Å². The SMILES string of the molecule is Fc1ccccc1CN(CCN1CCOCC1)C(=S)NC1CCCCCCC1. The summed E-state index contributed by atoms with van der Waals surface area (Å²) in [6.45, 7) is 5.72. The minimum Gasteiger partial charge on any atom is -0.379 e. The predicted octanol–water partition coefficient (Wildman–Crippen LogP) is 3.95. The van der Waals surface area contributed by atoms with E-state index in [9.17, 15) is 4.39 Å². The van der Waals surface area contributed by atoms with Crippen molar-refractivity contribution in [1.82, 2.24) is 15.1 Å². The molecule has 1 aliphatic carbocycles. The van der Waals surface area contributed by atoms with E-state index in [4.69, 9.17) is 17.0 Å². The first-order chi connectivity index (χ1) is 13.7. The van der Waals surface area contributed by atoms with Crippen molar-refractivity contribution in [3.05, 3.63) is 35.6 Å². The molecule has 0 bridgehead atoms. The van der Waals surface area contributed by atoms with Gasteiger partial charge in [-0.15, -0.1) is 0 Å². The van der Waals surface area contributed by atoms with Crippen LogP contribution < -0.4 is 5.32 Å². The second kappa shape index (κ2) is 11.7. The van der Waals surface area contributed by atoms with Gasteiger partial charge in [0.25, 0.3) is 0 Å². The van der Waals surface area contributed by atoms with E-state index in [1.54, 1.807) is 6.07 Å². The molecule has 2 fully saturated rings. The van der Waals surface area contributed by atoms with E-state index in [1.807, 2.05) is 12.1 Å². The Morgan fingerprint density at radius 3 is 2.50 bits per heavy atom. The Balaban J connectivity index is 1.61. The Bertz CT molecular complexity index is 601. The van der Waals surface area contributed by atoms with Gasteiger partial charge in [-0.1, -0.05) is 50.3 Å². The van der Waals surface area contributed by atoms with Gasteiger partial charge in [-0.2, -0.15) is 0 Å². The quantitative estimate of drug-likeness (QED) is 0.721. The first-order valence-corrected chi connectivity index (χ1v) is 11.2. The lowest BCUT2D eigenvalue weighted by molar-refractivity contribution is 0.0356. The summed E-state index contributed by atoms with van der Waals surface area (Å²) >= 11 is 5.79. The highest BCUT2D eigenvalue weighted by molar-refractivity contribution is 7.80. The number of thiocarbonyl (C=S) groups is 1. The third-order valence-corrected chi connectivity index (χ3v) is 6.20. The molecular formula is C22H34FN3OS. The summed E-state index contributed by atoms with van der Waals surface area (Å²) in [7, 11) is 0. The average Bonchev–Trinajstić information content (AvgIpc) is 2.69. The maximum atomic E-state index is 14.2. The van der Waals surface area contributed by atoms with Crippen molar-refractivity contribution in [3.8, 4) is 0 Å². The van der Waals surface area contributed by atoms with E-state index in [-0.39, 0.29) is 5.82 Å². The fourth-order valence-electron chi connectivity index (χ4n) is 4.04. The fourth-order valence-corrected chi connectivity index (χ4v) is 4.36. The van der Waals surface area contributed by atoms with E-state index in [2.05, 4.69) is 15.1 Å². The Morgan fingerprint density at radius 1 is 1.11 bits per heavy atom. The lowest BCUT2D eigenvalue weighted by Crippen LogP contribution is -2.48. The van der Waals surface area contributed by atoms with Crippen molar-refractivity contribution in [2.75, 3.05) is 39.4 Å². The maximum Gasteiger partial charge on any atom is 0.169 e. The molecule has 0 aromatic heterocycles. The predicted molar refractivity (Wildman–Crippen MR) is 116 cm³/mol. The third-order valence-electron chi connectivity index (χ3n) is 5.83. The monoisotopic (exact) mass is 407 g/mol. The summed E-state index contributed by atoms with van der Waals surface area (Å²) in [6.07, 6.45) is 8.88. The fraction of sp³-hybridized carbons (Fsp3) is 0.682. The van der Waals surface area contributed by atoms with Crippen molar-refractivity contribution >= 4 is 17.3 Å². The van der Waals surface area contributed by atoms with Crippen molar-refractivity contribution in [1.29, 1.82) is 0 Å². The largest absolute Gasteiger partial charge is 0.379 e. The number of nitrogens with one attached hydrogen (secondary N) is 1. The van der Waals surface area contributed by atoms with Gasteiger partial charge >= 0.3 is 0 Å². The Morgan fingerprint density at radius 2 is 1.79 bits per heavy atom. The lowest BCUT2D eigenvalue weighted by Gasteiger charge is -2.33. The topological polar surface area (TPSA) is 27.7 Å². The number of nitrogens with zero attached hydrogens (tertiary/aromatic N) is 2. The van der Waals surface area contributed by atoms with Gasteiger partial charge in [0.1, 0.15) is 5.82 Å². The van der Waals surface area contributed by atoms with Crippen LogP contribution in [0.5, 0.6) is 0 Å². The van der Waals surface area contributed by atoms with Gasteiger partial charge in [0.2, 0.25) is 0 Å². The van der Waals surface area contributed by atoms with E-state index in [1.165, 1.54) is 51.0 Å². The minimum atomic E-state index is -0.160. The van der Waals surface area contributed by atoms with Crippen LogP contribution in [-0.2, 0) is 11.3 Å². The Hall–Kier alpha value is -1.24. The molecule has 1 saturated heterocycles. The first kappa shape index (κ1) is 21.5. The third kappa shape index (κ3) is 6.98. The summed E-state index contributed by atoms with van der Waals surface area (Å²) in [5.41, 5.74) is 0.700. The van der Waals surface area contributed by atoms with Crippen LogP contribution in [0.1, 0.15) is 50.5 Å². The zero-order valence-electron chi connectivity index (χ0n) is 16.9. The number of ether oxygens (including phenoxy) is 1. The second-order valence-corrected chi connectivity index (χ2v) is 8.35. The van der Waals surface area contributed by atoms with Gasteiger partial charge in [0.05, 0.1) is 13.2 Å². The van der Waals surface area contributed by atoms with Crippen LogP contribution in [0.15, 0.2) is 24.3 Å². The van der Waals surface area contributed by atoms with Gasteiger partial charge in [-0.05, 0) is 31.1 Å². The van der Waals surface area contributed by atoms with Gasteiger partial charge in [-0.3, -0.25) is 4.90 Å². The van der Waals surface area contributed by atoms with Gasteiger partial charge in [-0.25, -0.2) is 4.39 Å². The molecule has 28 heavy (non-hydrogen) atoms. The highest BCUT2D eigenvalue weighted by Gasteiger charge is 2.19. The molecule has 0 atom stereocenters. The first-order valence-electron chi connectivity index (χ1n) is 10.8. The van der Waals surface area contributed by atoms with E-state index in [0.29, 0.717) is 18.2 Å². The number of hydrogen-bond donors (Lipinski definition) is 1. The molecule has 1 aromatic rings. The summed E-state index contributed by atoms with van der Waals surface area (Å²) in [4.78, 5) is 4.54. The molecule has 1 saturated carbocycles. The van der Waals surface area contributed by atoms with Crippen LogP contribution in [0, 0.1) is 5.82 Å². The van der Waals surface area contributed by atoms with Crippen molar-refractivity contribution in [3.63, 3.8) is 0 Å². The summed E-state index contributed by atoms with van der Waals surface area (Å²) in [5, 5.41) is 4.37. The molecule has 0 amide bonds. The summed E-state index contributed by atoms with van der Waals surface area (Å²) < 4.78 is 19.7. The maximum absolute atomic E-state index is 14.2. The summed E-state index contributed by atoms with van der Waals surface area (Å²) in [5.74, 6) is -0.160. The van der Waals surface area contributed by atoms with E-state index in [0.717, 1.165) is 44.5 Å². The molecule has 1 N–H and O–H groups in total. The highest BCUT2D eigenvalue weighted by atomic mass is 32.1. The number of benzene rings is 1. The molecule has 156 valence electrons. The Kier molecular flexibility index (Phi) is 8.96. The van der Waals surface area contributed by atoms with Gasteiger partial charge in [0.15, 0.2) is 5.11 Å². The number of rotatable bonds is 6. The zero-order valence-corrected chi connectivity index (χ0v) is 17.7. The van der Waals surface area contributed by atoms with Crippen LogP contribution in [0.4, 0.5) is 4.39 Å². The van der Waals surface area contributed by atoms with Crippen molar-refractivity contribution in [2.45, 2.75) is 57.5 Å². The number of hydrogen-bond acceptors (Lipinski definition) is 3. The van der Waals surface area contributed by atoms with E-state index >= 15 is 0 Å². The molecule has 1 aromatic carbocycles. The summed E-state index contributed by atoms with van der Waals surface area (Å²) in [6, 6.07) is 7.46. The van der Waals surface area contributed by atoms with Crippen LogP contribution in [0.25, 0.3) is 0 Å². The number of morpholine rings is 1. The number of halogens is 1. The molecule has 1 aliphatic heterocycles. The molecule has 3 rings (SSSR count). The van der Waals surface area contributed by atoms with Gasteiger partial charge in [0, 0.05) is 44.3 Å². The molecule has 2 aliphatic rings. The zero-order chi connectivity index (χ0) is 19.6. The van der Waals surface area contributed by atoms with Crippen LogP contribution in [-0.4, -0.2) is 60.3 Å².